The van der Waals surface area contributed by atoms with Crippen molar-refractivity contribution in [1.29, 1.82) is 0 Å². The average Bonchev–Trinajstić information content (AvgIpc) is 1.85. The van der Waals surface area contributed by atoms with Crippen molar-refractivity contribution in [3.8, 4) is 0 Å². The van der Waals surface area contributed by atoms with Gasteiger partial charge in [-0.25, -0.2) is 0 Å². The second-order valence-corrected chi connectivity index (χ2v) is 2.80. The fraction of sp³-hybridized carbons (Fsp3) is 0.875. The highest BCUT2D eigenvalue weighted by Crippen LogP contribution is 2.05. The fourth-order valence-electron chi connectivity index (χ4n) is 0.818. The molecule has 0 aliphatic heterocycles. The van der Waals surface area contributed by atoms with Gasteiger partial charge in [0.1, 0.15) is 5.78 Å². The van der Waals surface area contributed by atoms with Gasteiger partial charge in [0, 0.05) is 20.1 Å². The summed E-state index contributed by atoms with van der Waals surface area (Å²) in [6.07, 6.45) is 1.63. The molecule has 60 valence electrons. The molecule has 0 saturated carbocycles. The highest BCUT2D eigenvalue weighted by Gasteiger charge is 2.01. The number of methoxy groups -OCH3 is 1. The van der Waals surface area contributed by atoms with Gasteiger partial charge in [0.15, 0.2) is 0 Å². The summed E-state index contributed by atoms with van der Waals surface area (Å²) in [5, 5.41) is 0. The van der Waals surface area contributed by atoms with Gasteiger partial charge in [-0.3, -0.25) is 0 Å². The van der Waals surface area contributed by atoms with E-state index in [1.165, 1.54) is 0 Å². The van der Waals surface area contributed by atoms with Crippen LogP contribution in [0.2, 0.25) is 0 Å². The van der Waals surface area contributed by atoms with Gasteiger partial charge in [0.25, 0.3) is 0 Å². The van der Waals surface area contributed by atoms with Crippen LogP contribution in [0.15, 0.2) is 0 Å². The fourth-order valence-corrected chi connectivity index (χ4v) is 0.818. The zero-order chi connectivity index (χ0) is 7.98. The van der Waals surface area contributed by atoms with E-state index in [1.54, 1.807) is 14.0 Å². The van der Waals surface area contributed by atoms with Crippen LogP contribution in [0.4, 0.5) is 0 Å². The zero-order valence-corrected chi connectivity index (χ0v) is 7.02. The molecule has 2 heteroatoms. The minimum atomic E-state index is 0.267. The Labute approximate surface area is 62.6 Å². The molecular weight excluding hydrogens is 128 g/mol. The smallest absolute Gasteiger partial charge is 0.129 e. The molecule has 0 amide bonds. The molecule has 0 spiro atoms. The van der Waals surface area contributed by atoms with Gasteiger partial charge in [0.2, 0.25) is 0 Å². The van der Waals surface area contributed by atoms with Crippen molar-refractivity contribution in [3.05, 3.63) is 0 Å². The summed E-state index contributed by atoms with van der Waals surface area (Å²) < 4.78 is 4.92. The molecule has 2 nitrogen and oxygen atoms in total. The summed E-state index contributed by atoms with van der Waals surface area (Å²) >= 11 is 0. The molecule has 0 bridgehead atoms. The van der Waals surface area contributed by atoms with Crippen molar-refractivity contribution < 1.29 is 9.53 Å². The molecule has 0 heterocycles. The first-order valence-corrected chi connectivity index (χ1v) is 3.65. The largest absolute Gasteiger partial charge is 0.384 e. The average molecular weight is 144 g/mol. The predicted molar refractivity (Wildman–Crippen MR) is 41.0 cm³/mol. The SMILES string of the molecule is COCC(C)CCC(C)=O. The van der Waals surface area contributed by atoms with E-state index in [0.29, 0.717) is 12.3 Å². The van der Waals surface area contributed by atoms with E-state index in [0.717, 1.165) is 13.0 Å². The molecule has 0 N–H and O–H groups in total. The number of ketones is 1. The lowest BCUT2D eigenvalue weighted by molar-refractivity contribution is -0.117. The second-order valence-electron chi connectivity index (χ2n) is 2.80. The normalized spacial score (nSPS) is 13.1. The first-order chi connectivity index (χ1) is 4.66. The minimum Gasteiger partial charge on any atom is -0.384 e. The van der Waals surface area contributed by atoms with Gasteiger partial charge in [-0.1, -0.05) is 6.92 Å². The lowest BCUT2D eigenvalue weighted by Gasteiger charge is -2.07. The van der Waals surface area contributed by atoms with Gasteiger partial charge in [-0.05, 0) is 19.3 Å². The van der Waals surface area contributed by atoms with Gasteiger partial charge >= 0.3 is 0 Å². The van der Waals surface area contributed by atoms with Crippen molar-refractivity contribution in [3.63, 3.8) is 0 Å². The van der Waals surface area contributed by atoms with Crippen LogP contribution in [-0.2, 0) is 9.53 Å². The lowest BCUT2D eigenvalue weighted by Crippen LogP contribution is -2.05. The van der Waals surface area contributed by atoms with E-state index in [4.69, 9.17) is 4.74 Å². The molecule has 0 fully saturated rings. The van der Waals surface area contributed by atoms with Crippen LogP contribution in [-0.4, -0.2) is 19.5 Å². The van der Waals surface area contributed by atoms with Crippen molar-refractivity contribution in [2.45, 2.75) is 26.7 Å². The van der Waals surface area contributed by atoms with Crippen molar-refractivity contribution in [1.82, 2.24) is 0 Å². The summed E-state index contributed by atoms with van der Waals surface area (Å²) in [6.45, 7) is 4.47. The number of Topliss-reactive ketones (excluding diaryl/α,β-unsaturated/α-hetero) is 1. The highest BCUT2D eigenvalue weighted by molar-refractivity contribution is 5.75. The third-order valence-electron chi connectivity index (χ3n) is 1.44. The van der Waals surface area contributed by atoms with Gasteiger partial charge < -0.3 is 9.53 Å². The Morgan fingerprint density at radius 2 is 2.20 bits per heavy atom. The van der Waals surface area contributed by atoms with Crippen molar-refractivity contribution in [2.75, 3.05) is 13.7 Å². The van der Waals surface area contributed by atoms with E-state index >= 15 is 0 Å². The number of carbonyl (C=O) groups excluding carboxylic acids is 1. The Bertz CT molecular complexity index is 99.4. The molecule has 0 aromatic rings. The van der Waals surface area contributed by atoms with Crippen LogP contribution in [0, 0.1) is 5.92 Å². The molecule has 0 aliphatic rings. The van der Waals surface area contributed by atoms with Gasteiger partial charge in [-0.2, -0.15) is 0 Å². The Hall–Kier alpha value is -0.370. The molecule has 1 atom stereocenters. The van der Waals surface area contributed by atoms with E-state index in [1.807, 2.05) is 0 Å². The van der Waals surface area contributed by atoms with E-state index in [-0.39, 0.29) is 5.78 Å². The van der Waals surface area contributed by atoms with Crippen molar-refractivity contribution >= 4 is 5.78 Å². The maximum Gasteiger partial charge on any atom is 0.129 e. The standard InChI is InChI=1S/C8H16O2/c1-7(6-10-3)4-5-8(2)9/h7H,4-6H2,1-3H3. The Balaban J connectivity index is 3.21. The summed E-state index contributed by atoms with van der Waals surface area (Å²) in [5.41, 5.74) is 0. The summed E-state index contributed by atoms with van der Waals surface area (Å²) in [5.74, 6) is 0.775. The Morgan fingerprint density at radius 1 is 1.60 bits per heavy atom. The molecule has 0 rings (SSSR count). The minimum absolute atomic E-state index is 0.267. The molecule has 1 unspecified atom stereocenters. The topological polar surface area (TPSA) is 26.3 Å². The number of carbonyl (C=O) groups is 1. The van der Waals surface area contributed by atoms with E-state index in [2.05, 4.69) is 6.92 Å². The van der Waals surface area contributed by atoms with Gasteiger partial charge in [0.05, 0.1) is 0 Å². The number of rotatable bonds is 5. The number of ether oxygens (including phenoxy) is 1. The third kappa shape index (κ3) is 5.76. The Morgan fingerprint density at radius 3 is 2.60 bits per heavy atom. The molecular formula is C8H16O2. The zero-order valence-electron chi connectivity index (χ0n) is 7.02. The highest BCUT2D eigenvalue weighted by atomic mass is 16.5. The number of hydrogen-bond donors (Lipinski definition) is 0. The molecule has 0 aromatic heterocycles. The molecule has 0 aliphatic carbocycles. The maximum absolute atomic E-state index is 10.5. The summed E-state index contributed by atoms with van der Waals surface area (Å²) in [4.78, 5) is 10.5. The molecule has 0 saturated heterocycles. The number of hydrogen-bond acceptors (Lipinski definition) is 2. The predicted octanol–water partition coefficient (Wildman–Crippen LogP) is 1.64. The molecule has 0 aromatic carbocycles. The lowest BCUT2D eigenvalue weighted by atomic mass is 10.1. The van der Waals surface area contributed by atoms with Crippen LogP contribution in [0.25, 0.3) is 0 Å². The van der Waals surface area contributed by atoms with Crippen LogP contribution in [0.3, 0.4) is 0 Å². The molecule has 0 radical (unpaired) electrons. The maximum atomic E-state index is 10.5. The summed E-state index contributed by atoms with van der Waals surface area (Å²) in [6, 6.07) is 0. The first kappa shape index (κ1) is 9.63. The van der Waals surface area contributed by atoms with Crippen LogP contribution in [0.5, 0.6) is 0 Å². The second kappa shape index (κ2) is 5.42. The van der Waals surface area contributed by atoms with E-state index < -0.39 is 0 Å². The monoisotopic (exact) mass is 144 g/mol. The summed E-state index contributed by atoms with van der Waals surface area (Å²) in [7, 11) is 1.68. The van der Waals surface area contributed by atoms with Gasteiger partial charge in [-0.15, -0.1) is 0 Å². The quantitative estimate of drug-likeness (QED) is 0.586. The Kier molecular flexibility index (Phi) is 5.22. The van der Waals surface area contributed by atoms with Crippen LogP contribution >= 0.6 is 0 Å². The first-order valence-electron chi connectivity index (χ1n) is 3.65. The van der Waals surface area contributed by atoms with E-state index in [9.17, 15) is 4.79 Å². The molecule has 10 heavy (non-hydrogen) atoms. The van der Waals surface area contributed by atoms with Crippen molar-refractivity contribution in [2.24, 2.45) is 5.92 Å². The van der Waals surface area contributed by atoms with Crippen LogP contribution < -0.4 is 0 Å². The third-order valence-corrected chi connectivity index (χ3v) is 1.44. The van der Waals surface area contributed by atoms with Crippen LogP contribution in [0.1, 0.15) is 26.7 Å².